The molecule has 148 valence electrons. The van der Waals surface area contributed by atoms with Crippen LogP contribution in [0.25, 0.3) is 0 Å². The van der Waals surface area contributed by atoms with Gasteiger partial charge in [0.2, 0.25) is 0 Å². The Balaban J connectivity index is 1.79. The van der Waals surface area contributed by atoms with Gasteiger partial charge in [0.15, 0.2) is 0 Å². The van der Waals surface area contributed by atoms with Crippen LogP contribution in [-0.2, 0) is 17.6 Å². The van der Waals surface area contributed by atoms with Crippen molar-refractivity contribution in [3.05, 3.63) is 143 Å². The summed E-state index contributed by atoms with van der Waals surface area (Å²) in [6.45, 7) is 5.64. The highest BCUT2D eigenvalue weighted by Crippen LogP contribution is 2.55. The van der Waals surface area contributed by atoms with Gasteiger partial charge in [-0.2, -0.15) is 0 Å². The Morgan fingerprint density at radius 1 is 0.500 bits per heavy atom. The molecule has 1 heteroatoms. The third-order valence-corrected chi connectivity index (χ3v) is 6.91. The van der Waals surface area contributed by atoms with Crippen LogP contribution in [0.15, 0.2) is 115 Å². The second-order valence-electron chi connectivity index (χ2n) is 8.49. The monoisotopic (exact) mass is 389 g/mol. The first-order valence-electron chi connectivity index (χ1n) is 10.7. The standard InChI is InChI=1S/C29H27N/c1-28(24-16-8-4-9-17-24)26-20-12-13-21-27(26)29(2,25-18-10-5-11-19-25)30(28)22-23-14-6-3-7-15-23/h3-21H,22H2,1-2H3/t28-,29-/m1/s1. The van der Waals surface area contributed by atoms with Crippen molar-refractivity contribution in [2.45, 2.75) is 31.5 Å². The lowest BCUT2D eigenvalue weighted by Crippen LogP contribution is -2.49. The lowest BCUT2D eigenvalue weighted by Gasteiger charge is -2.45. The van der Waals surface area contributed by atoms with Crippen LogP contribution in [0.4, 0.5) is 0 Å². The van der Waals surface area contributed by atoms with Crippen molar-refractivity contribution in [2.75, 3.05) is 0 Å². The first kappa shape index (κ1) is 18.8. The SMILES string of the molecule is C[C@@]1(c2ccccc2)c2ccccc2[C@@](C)(c2ccccc2)N1Cc1ccccc1. The van der Waals surface area contributed by atoms with Gasteiger partial charge in [-0.1, -0.05) is 115 Å². The molecule has 0 amide bonds. The Kier molecular flexibility index (Phi) is 4.56. The second kappa shape index (κ2) is 7.27. The normalized spacial score (nSPS) is 23.3. The Morgan fingerprint density at radius 3 is 1.30 bits per heavy atom. The number of hydrogen-bond donors (Lipinski definition) is 0. The molecule has 0 aromatic heterocycles. The highest BCUT2D eigenvalue weighted by Gasteiger charge is 2.54. The lowest BCUT2D eigenvalue weighted by molar-refractivity contribution is 0.0585. The molecule has 4 aromatic rings. The van der Waals surface area contributed by atoms with Crippen molar-refractivity contribution in [3.8, 4) is 0 Å². The number of hydrogen-bond acceptors (Lipinski definition) is 1. The largest absolute Gasteiger partial charge is 0.272 e. The van der Waals surface area contributed by atoms with E-state index in [2.05, 4.69) is 134 Å². The zero-order valence-corrected chi connectivity index (χ0v) is 17.6. The molecule has 0 aliphatic carbocycles. The van der Waals surface area contributed by atoms with Crippen LogP contribution in [0.1, 0.15) is 41.7 Å². The maximum atomic E-state index is 2.69. The molecule has 30 heavy (non-hydrogen) atoms. The van der Waals surface area contributed by atoms with E-state index in [1.165, 1.54) is 27.8 Å². The van der Waals surface area contributed by atoms with Crippen molar-refractivity contribution >= 4 is 0 Å². The Bertz CT molecular complexity index is 1060. The fraction of sp³-hybridized carbons (Fsp3) is 0.172. The Morgan fingerprint density at radius 2 is 0.867 bits per heavy atom. The van der Waals surface area contributed by atoms with Gasteiger partial charge in [-0.05, 0) is 41.7 Å². The molecule has 0 unspecified atom stereocenters. The number of rotatable bonds is 4. The van der Waals surface area contributed by atoms with Crippen LogP contribution in [-0.4, -0.2) is 4.90 Å². The summed E-state index contributed by atoms with van der Waals surface area (Å²) in [6, 6.07) is 41.7. The van der Waals surface area contributed by atoms with E-state index < -0.39 is 0 Å². The molecule has 1 aliphatic heterocycles. The molecule has 0 spiro atoms. The molecule has 0 radical (unpaired) electrons. The van der Waals surface area contributed by atoms with E-state index in [-0.39, 0.29) is 11.1 Å². The maximum Gasteiger partial charge on any atom is 0.0703 e. The summed E-state index contributed by atoms with van der Waals surface area (Å²) in [4.78, 5) is 2.69. The van der Waals surface area contributed by atoms with E-state index in [0.29, 0.717) is 0 Å². The quantitative estimate of drug-likeness (QED) is 0.374. The molecule has 1 aliphatic rings. The molecule has 2 atom stereocenters. The summed E-state index contributed by atoms with van der Waals surface area (Å²) in [6.07, 6.45) is 0. The van der Waals surface area contributed by atoms with Gasteiger partial charge >= 0.3 is 0 Å². The van der Waals surface area contributed by atoms with Gasteiger partial charge in [0.25, 0.3) is 0 Å². The molecule has 1 heterocycles. The van der Waals surface area contributed by atoms with Gasteiger partial charge in [0.1, 0.15) is 0 Å². The van der Waals surface area contributed by atoms with Gasteiger partial charge in [0.05, 0.1) is 11.1 Å². The molecule has 0 bridgehead atoms. The van der Waals surface area contributed by atoms with Crippen molar-refractivity contribution in [2.24, 2.45) is 0 Å². The van der Waals surface area contributed by atoms with E-state index >= 15 is 0 Å². The Hall–Kier alpha value is -3.16. The molecule has 0 fully saturated rings. The molecule has 1 nitrogen and oxygen atoms in total. The topological polar surface area (TPSA) is 3.24 Å². The Labute approximate surface area is 179 Å². The minimum Gasteiger partial charge on any atom is -0.272 e. The summed E-state index contributed by atoms with van der Waals surface area (Å²) in [5.74, 6) is 0. The fourth-order valence-electron chi connectivity index (χ4n) is 5.30. The minimum absolute atomic E-state index is 0.238. The summed E-state index contributed by atoms with van der Waals surface area (Å²) in [5.41, 5.74) is 6.28. The molecular weight excluding hydrogens is 362 g/mol. The zero-order valence-electron chi connectivity index (χ0n) is 17.6. The average Bonchev–Trinajstić information content (AvgIpc) is 3.02. The van der Waals surface area contributed by atoms with Crippen molar-refractivity contribution < 1.29 is 0 Å². The van der Waals surface area contributed by atoms with E-state index in [4.69, 9.17) is 0 Å². The van der Waals surface area contributed by atoms with E-state index in [1.54, 1.807) is 0 Å². The number of fused-ring (bicyclic) bond motifs is 1. The highest BCUT2D eigenvalue weighted by atomic mass is 15.3. The smallest absolute Gasteiger partial charge is 0.0703 e. The molecule has 0 N–H and O–H groups in total. The zero-order chi connectivity index (χ0) is 20.6. The van der Waals surface area contributed by atoms with Crippen LogP contribution < -0.4 is 0 Å². The summed E-state index contributed by atoms with van der Waals surface area (Å²) < 4.78 is 0. The van der Waals surface area contributed by atoms with Crippen LogP contribution in [0.3, 0.4) is 0 Å². The van der Waals surface area contributed by atoms with Gasteiger partial charge in [-0.15, -0.1) is 0 Å². The van der Waals surface area contributed by atoms with Gasteiger partial charge in [0, 0.05) is 6.54 Å². The van der Waals surface area contributed by atoms with Crippen molar-refractivity contribution in [1.29, 1.82) is 0 Å². The summed E-state index contributed by atoms with van der Waals surface area (Å²) in [5, 5.41) is 0. The average molecular weight is 390 g/mol. The van der Waals surface area contributed by atoms with Gasteiger partial charge in [-0.25, -0.2) is 0 Å². The second-order valence-corrected chi connectivity index (χ2v) is 8.49. The molecule has 5 rings (SSSR count). The van der Waals surface area contributed by atoms with Crippen molar-refractivity contribution in [1.82, 2.24) is 4.90 Å². The number of benzene rings is 4. The maximum absolute atomic E-state index is 2.69. The van der Waals surface area contributed by atoms with Crippen LogP contribution >= 0.6 is 0 Å². The van der Waals surface area contributed by atoms with Gasteiger partial charge < -0.3 is 0 Å². The molecule has 0 saturated heterocycles. The van der Waals surface area contributed by atoms with Crippen LogP contribution in [0.2, 0.25) is 0 Å². The third kappa shape index (κ3) is 2.74. The lowest BCUT2D eigenvalue weighted by atomic mass is 9.83. The molecule has 4 aromatic carbocycles. The van der Waals surface area contributed by atoms with Crippen LogP contribution in [0.5, 0.6) is 0 Å². The third-order valence-electron chi connectivity index (χ3n) is 6.91. The first-order valence-corrected chi connectivity index (χ1v) is 10.7. The van der Waals surface area contributed by atoms with E-state index in [1.807, 2.05) is 0 Å². The summed E-state index contributed by atoms with van der Waals surface area (Å²) in [7, 11) is 0. The summed E-state index contributed by atoms with van der Waals surface area (Å²) >= 11 is 0. The fourth-order valence-corrected chi connectivity index (χ4v) is 5.30. The van der Waals surface area contributed by atoms with Gasteiger partial charge in [-0.3, -0.25) is 4.90 Å². The van der Waals surface area contributed by atoms with E-state index in [9.17, 15) is 0 Å². The molecule has 0 saturated carbocycles. The minimum atomic E-state index is -0.238. The number of nitrogens with zero attached hydrogens (tertiary/aromatic N) is 1. The predicted molar refractivity (Wildman–Crippen MR) is 124 cm³/mol. The van der Waals surface area contributed by atoms with Crippen molar-refractivity contribution in [3.63, 3.8) is 0 Å². The highest BCUT2D eigenvalue weighted by molar-refractivity contribution is 5.55. The van der Waals surface area contributed by atoms with Crippen LogP contribution in [0, 0.1) is 0 Å². The van der Waals surface area contributed by atoms with E-state index in [0.717, 1.165) is 6.54 Å². The predicted octanol–water partition coefficient (Wildman–Crippen LogP) is 6.73. The molecular formula is C29H27N. The first-order chi connectivity index (χ1) is 14.6.